The van der Waals surface area contributed by atoms with Crippen LogP contribution < -0.4 is 9.64 Å². The third kappa shape index (κ3) is 3.17. The molecule has 1 N–H and O–H groups in total. The average molecular weight is 264 g/mol. The number of aliphatic carboxylic acids is 1. The van der Waals surface area contributed by atoms with Crippen LogP contribution in [0.15, 0.2) is 24.3 Å². The minimum absolute atomic E-state index is 0.0208. The van der Waals surface area contributed by atoms with Crippen LogP contribution in [-0.2, 0) is 4.79 Å². The fraction of sp³-hybridized carbons (Fsp3) is 0.500. The molecule has 0 aromatic heterocycles. The minimum Gasteiger partial charge on any atom is -0.495 e. The first-order chi connectivity index (χ1) is 9.11. The quantitative estimate of drug-likeness (QED) is 0.888. The second kappa shape index (κ2) is 5.93. The minimum atomic E-state index is -0.764. The van der Waals surface area contributed by atoms with Crippen molar-refractivity contribution >= 4 is 11.7 Å². The van der Waals surface area contributed by atoms with Gasteiger partial charge in [0, 0.05) is 19.6 Å². The molecule has 1 heterocycles. The summed E-state index contributed by atoms with van der Waals surface area (Å²) in [5.74, 6) is 0.0302. The van der Waals surface area contributed by atoms with Gasteiger partial charge in [-0.2, -0.15) is 0 Å². The van der Waals surface area contributed by atoms with Crippen molar-refractivity contribution in [2.24, 2.45) is 0 Å². The van der Waals surface area contributed by atoms with E-state index in [2.05, 4.69) is 9.80 Å². The topological polar surface area (TPSA) is 53.0 Å². The molecule has 2 rings (SSSR count). The zero-order chi connectivity index (χ0) is 13.8. The molecule has 1 aromatic carbocycles. The molecule has 0 spiro atoms. The van der Waals surface area contributed by atoms with Crippen molar-refractivity contribution in [2.45, 2.75) is 12.5 Å². The maximum Gasteiger partial charge on any atom is 0.305 e. The van der Waals surface area contributed by atoms with Gasteiger partial charge in [0.1, 0.15) is 5.75 Å². The molecule has 0 saturated carbocycles. The maximum absolute atomic E-state index is 11.0. The van der Waals surface area contributed by atoms with E-state index in [0.29, 0.717) is 0 Å². The number of benzene rings is 1. The Labute approximate surface area is 113 Å². The summed E-state index contributed by atoms with van der Waals surface area (Å²) < 4.78 is 5.38. The lowest BCUT2D eigenvalue weighted by Gasteiger charge is -2.41. The number of hydrogen-bond donors (Lipinski definition) is 1. The summed E-state index contributed by atoms with van der Waals surface area (Å²) in [6.45, 7) is 2.49. The SMILES string of the molecule is COc1ccccc1N1CCN(C)CC1CC(=O)O. The number of carboxylic acid groups (broad SMARTS) is 1. The molecule has 1 unspecified atom stereocenters. The first-order valence-electron chi connectivity index (χ1n) is 6.42. The molecule has 19 heavy (non-hydrogen) atoms. The predicted molar refractivity (Wildman–Crippen MR) is 73.9 cm³/mol. The van der Waals surface area contributed by atoms with Gasteiger partial charge in [-0.25, -0.2) is 0 Å². The lowest BCUT2D eigenvalue weighted by molar-refractivity contribution is -0.137. The van der Waals surface area contributed by atoms with E-state index in [1.165, 1.54) is 0 Å². The Morgan fingerprint density at radius 1 is 1.42 bits per heavy atom. The van der Waals surface area contributed by atoms with Gasteiger partial charge < -0.3 is 19.6 Å². The highest BCUT2D eigenvalue weighted by Crippen LogP contribution is 2.31. The Balaban J connectivity index is 2.26. The Morgan fingerprint density at radius 2 is 2.16 bits per heavy atom. The van der Waals surface area contributed by atoms with Gasteiger partial charge in [0.2, 0.25) is 0 Å². The number of anilines is 1. The lowest BCUT2D eigenvalue weighted by Crippen LogP contribution is -2.52. The van der Waals surface area contributed by atoms with Crippen molar-refractivity contribution in [1.82, 2.24) is 4.90 Å². The van der Waals surface area contributed by atoms with Crippen LogP contribution in [0.4, 0.5) is 5.69 Å². The summed E-state index contributed by atoms with van der Waals surface area (Å²) in [6, 6.07) is 7.75. The fourth-order valence-electron chi connectivity index (χ4n) is 2.57. The Hall–Kier alpha value is -1.75. The van der Waals surface area contributed by atoms with E-state index in [1.807, 2.05) is 31.3 Å². The zero-order valence-electron chi connectivity index (χ0n) is 11.4. The molecule has 0 amide bonds. The van der Waals surface area contributed by atoms with Gasteiger partial charge in [0.15, 0.2) is 0 Å². The maximum atomic E-state index is 11.0. The average Bonchev–Trinajstić information content (AvgIpc) is 2.38. The molecule has 1 fully saturated rings. The van der Waals surface area contributed by atoms with Crippen LogP contribution in [0.3, 0.4) is 0 Å². The van der Waals surface area contributed by atoms with Gasteiger partial charge >= 0.3 is 5.97 Å². The highest BCUT2D eigenvalue weighted by atomic mass is 16.5. The molecule has 1 aliphatic rings. The van der Waals surface area contributed by atoms with Gasteiger partial charge in [0.05, 0.1) is 25.3 Å². The molecular weight excluding hydrogens is 244 g/mol. The smallest absolute Gasteiger partial charge is 0.305 e. The monoisotopic (exact) mass is 264 g/mol. The molecule has 0 aliphatic carbocycles. The summed E-state index contributed by atoms with van der Waals surface area (Å²) in [5, 5.41) is 9.07. The van der Waals surface area contributed by atoms with Crippen molar-refractivity contribution in [3.05, 3.63) is 24.3 Å². The molecule has 1 atom stereocenters. The molecule has 0 radical (unpaired) electrons. The van der Waals surface area contributed by atoms with E-state index >= 15 is 0 Å². The number of likely N-dealkylation sites (N-methyl/N-ethyl adjacent to an activating group) is 1. The number of piperazine rings is 1. The number of ether oxygens (including phenoxy) is 1. The van der Waals surface area contributed by atoms with Gasteiger partial charge in [-0.15, -0.1) is 0 Å². The normalized spacial score (nSPS) is 20.3. The second-order valence-corrected chi connectivity index (χ2v) is 4.88. The van der Waals surface area contributed by atoms with Crippen LogP contribution in [0.5, 0.6) is 5.75 Å². The van der Waals surface area contributed by atoms with E-state index in [0.717, 1.165) is 31.1 Å². The second-order valence-electron chi connectivity index (χ2n) is 4.88. The highest BCUT2D eigenvalue weighted by Gasteiger charge is 2.28. The first-order valence-corrected chi connectivity index (χ1v) is 6.42. The van der Waals surface area contributed by atoms with Crippen LogP contribution in [0, 0.1) is 0 Å². The summed E-state index contributed by atoms with van der Waals surface area (Å²) in [6.07, 6.45) is 0.141. The zero-order valence-corrected chi connectivity index (χ0v) is 11.4. The Morgan fingerprint density at radius 3 is 2.84 bits per heavy atom. The van der Waals surface area contributed by atoms with Crippen LogP contribution in [0.2, 0.25) is 0 Å². The standard InChI is InChI=1S/C14H20N2O3/c1-15-7-8-16(11(10-15)9-14(17)18)12-5-3-4-6-13(12)19-2/h3-6,11H,7-10H2,1-2H3,(H,17,18). The summed E-state index contributed by atoms with van der Waals surface area (Å²) in [4.78, 5) is 15.3. The molecule has 5 heteroatoms. The Bertz CT molecular complexity index is 450. The van der Waals surface area contributed by atoms with Gasteiger partial charge in [-0.05, 0) is 19.2 Å². The van der Waals surface area contributed by atoms with Gasteiger partial charge in [-0.3, -0.25) is 4.79 Å². The van der Waals surface area contributed by atoms with Crippen LogP contribution in [0.25, 0.3) is 0 Å². The Kier molecular flexibility index (Phi) is 4.27. The summed E-state index contributed by atoms with van der Waals surface area (Å²) in [7, 11) is 3.66. The largest absolute Gasteiger partial charge is 0.495 e. The number of carbonyl (C=O) groups is 1. The molecule has 5 nitrogen and oxygen atoms in total. The number of carboxylic acids is 1. The van der Waals surface area contributed by atoms with Crippen LogP contribution >= 0.6 is 0 Å². The molecular formula is C14H20N2O3. The van der Waals surface area contributed by atoms with E-state index in [-0.39, 0.29) is 12.5 Å². The fourth-order valence-corrected chi connectivity index (χ4v) is 2.57. The van der Waals surface area contributed by atoms with Crippen molar-refractivity contribution in [1.29, 1.82) is 0 Å². The van der Waals surface area contributed by atoms with Crippen molar-refractivity contribution in [3.8, 4) is 5.75 Å². The van der Waals surface area contributed by atoms with Crippen LogP contribution in [0.1, 0.15) is 6.42 Å². The summed E-state index contributed by atoms with van der Waals surface area (Å²) >= 11 is 0. The van der Waals surface area contributed by atoms with E-state index in [4.69, 9.17) is 9.84 Å². The predicted octanol–water partition coefficient (Wildman–Crippen LogP) is 1.29. The number of methoxy groups -OCH3 is 1. The first kappa shape index (κ1) is 13.7. The highest BCUT2D eigenvalue weighted by molar-refractivity contribution is 5.69. The number of nitrogens with zero attached hydrogens (tertiary/aromatic N) is 2. The molecule has 104 valence electrons. The third-order valence-corrected chi connectivity index (χ3v) is 3.49. The van der Waals surface area contributed by atoms with Gasteiger partial charge in [0.25, 0.3) is 0 Å². The lowest BCUT2D eigenvalue weighted by atomic mass is 10.1. The van der Waals surface area contributed by atoms with Gasteiger partial charge in [-0.1, -0.05) is 12.1 Å². The molecule has 1 aromatic rings. The molecule has 0 bridgehead atoms. The van der Waals surface area contributed by atoms with Crippen molar-refractivity contribution < 1.29 is 14.6 Å². The number of rotatable bonds is 4. The molecule has 1 aliphatic heterocycles. The van der Waals surface area contributed by atoms with Crippen molar-refractivity contribution in [3.63, 3.8) is 0 Å². The third-order valence-electron chi connectivity index (χ3n) is 3.49. The van der Waals surface area contributed by atoms with E-state index in [1.54, 1.807) is 7.11 Å². The van der Waals surface area contributed by atoms with E-state index in [9.17, 15) is 4.79 Å². The summed E-state index contributed by atoms with van der Waals surface area (Å²) in [5.41, 5.74) is 0.976. The number of hydrogen-bond acceptors (Lipinski definition) is 4. The van der Waals surface area contributed by atoms with Crippen LogP contribution in [-0.4, -0.2) is 55.8 Å². The van der Waals surface area contributed by atoms with E-state index < -0.39 is 5.97 Å². The van der Waals surface area contributed by atoms with Crippen molar-refractivity contribution in [2.75, 3.05) is 38.7 Å². The molecule has 1 saturated heterocycles. The number of para-hydroxylation sites is 2.